The van der Waals surface area contributed by atoms with Gasteiger partial charge in [-0.1, -0.05) is 24.6 Å². The minimum atomic E-state index is -0.343. The summed E-state index contributed by atoms with van der Waals surface area (Å²) in [6.45, 7) is 2.04. The van der Waals surface area contributed by atoms with Crippen molar-refractivity contribution in [3.8, 4) is 11.1 Å². The number of piperidine rings is 1. The second-order valence-electron chi connectivity index (χ2n) is 6.78. The number of rotatable bonds is 4. The second kappa shape index (κ2) is 7.36. The molecule has 4 rings (SSSR count). The number of nitro groups is 1. The molecule has 3 aromatic rings. The Hall–Kier alpha value is -1.93. The van der Waals surface area contributed by atoms with E-state index in [0.29, 0.717) is 6.04 Å². The molecule has 6 heteroatoms. The lowest BCUT2D eigenvalue weighted by Gasteiger charge is -2.24. The van der Waals surface area contributed by atoms with Gasteiger partial charge in [-0.3, -0.25) is 10.1 Å². The molecule has 2 aromatic carbocycles. The van der Waals surface area contributed by atoms with Crippen molar-refractivity contribution in [2.45, 2.75) is 31.8 Å². The number of benzene rings is 2. The molecule has 1 aliphatic heterocycles. The predicted molar refractivity (Wildman–Crippen MR) is 112 cm³/mol. The van der Waals surface area contributed by atoms with Crippen LogP contribution in [0.3, 0.4) is 0 Å². The highest BCUT2D eigenvalue weighted by Gasteiger charge is 2.18. The Morgan fingerprint density at radius 2 is 2.04 bits per heavy atom. The van der Waals surface area contributed by atoms with E-state index < -0.39 is 0 Å². The zero-order valence-corrected chi connectivity index (χ0v) is 16.5. The SMILES string of the molecule is O=[N+]([O-])c1ccc(-c2cn(CC3CCCCN3)c3ccccc23)c(I)c1. The molecule has 1 unspecified atom stereocenters. The molecule has 0 amide bonds. The van der Waals surface area contributed by atoms with Gasteiger partial charge >= 0.3 is 0 Å². The number of fused-ring (bicyclic) bond motifs is 1. The van der Waals surface area contributed by atoms with Crippen molar-refractivity contribution in [1.82, 2.24) is 9.88 Å². The summed E-state index contributed by atoms with van der Waals surface area (Å²) in [4.78, 5) is 10.7. The van der Waals surface area contributed by atoms with Gasteiger partial charge in [-0.05, 0) is 59.7 Å². The van der Waals surface area contributed by atoms with Crippen LogP contribution in [-0.2, 0) is 6.54 Å². The van der Waals surface area contributed by atoms with Gasteiger partial charge in [0.2, 0.25) is 0 Å². The molecule has 0 saturated carbocycles. The van der Waals surface area contributed by atoms with Gasteiger partial charge < -0.3 is 9.88 Å². The summed E-state index contributed by atoms with van der Waals surface area (Å²) in [6.07, 6.45) is 5.94. The summed E-state index contributed by atoms with van der Waals surface area (Å²) in [5.41, 5.74) is 3.52. The van der Waals surface area contributed by atoms with Crippen LogP contribution >= 0.6 is 22.6 Å². The van der Waals surface area contributed by atoms with E-state index in [1.54, 1.807) is 12.1 Å². The summed E-state index contributed by atoms with van der Waals surface area (Å²) in [5, 5.41) is 15.8. The molecule has 134 valence electrons. The summed E-state index contributed by atoms with van der Waals surface area (Å²) in [6, 6.07) is 14.0. The highest BCUT2D eigenvalue weighted by atomic mass is 127. The fraction of sp³-hybridized carbons (Fsp3) is 0.300. The van der Waals surface area contributed by atoms with Crippen LogP contribution in [0.15, 0.2) is 48.7 Å². The van der Waals surface area contributed by atoms with Gasteiger partial charge in [-0.25, -0.2) is 0 Å². The normalized spacial score (nSPS) is 17.5. The number of aromatic nitrogens is 1. The van der Waals surface area contributed by atoms with Crippen molar-refractivity contribution in [2.24, 2.45) is 0 Å². The molecule has 1 aliphatic rings. The average molecular weight is 461 g/mol. The van der Waals surface area contributed by atoms with E-state index in [1.807, 2.05) is 12.1 Å². The van der Waals surface area contributed by atoms with Crippen molar-refractivity contribution in [3.05, 3.63) is 62.3 Å². The van der Waals surface area contributed by atoms with Crippen molar-refractivity contribution in [2.75, 3.05) is 6.54 Å². The van der Waals surface area contributed by atoms with Crippen molar-refractivity contribution < 1.29 is 4.92 Å². The molecule has 1 atom stereocenters. The topological polar surface area (TPSA) is 60.1 Å². The van der Waals surface area contributed by atoms with Crippen LogP contribution < -0.4 is 5.32 Å². The van der Waals surface area contributed by atoms with Crippen LogP contribution in [0, 0.1) is 13.7 Å². The van der Waals surface area contributed by atoms with E-state index in [4.69, 9.17) is 0 Å². The van der Waals surface area contributed by atoms with Crippen LogP contribution in [0.4, 0.5) is 5.69 Å². The average Bonchev–Trinajstić information content (AvgIpc) is 3.01. The van der Waals surface area contributed by atoms with E-state index >= 15 is 0 Å². The molecular weight excluding hydrogens is 441 g/mol. The standard InChI is InChI=1S/C20H20IN3O2/c21-19-11-15(24(25)26)8-9-16(19)18-13-23(12-14-5-3-4-10-22-14)20-7-2-1-6-17(18)20/h1-2,6-9,11,13-14,22H,3-5,10,12H2. The largest absolute Gasteiger partial charge is 0.345 e. The van der Waals surface area contributed by atoms with Crippen LogP contribution in [0.1, 0.15) is 19.3 Å². The minimum Gasteiger partial charge on any atom is -0.345 e. The molecular formula is C20H20IN3O2. The highest BCUT2D eigenvalue weighted by molar-refractivity contribution is 14.1. The third kappa shape index (κ3) is 3.35. The number of hydrogen-bond donors (Lipinski definition) is 1. The van der Waals surface area contributed by atoms with E-state index in [9.17, 15) is 10.1 Å². The first-order valence-electron chi connectivity index (χ1n) is 8.89. The van der Waals surface area contributed by atoms with E-state index in [0.717, 1.165) is 27.8 Å². The third-order valence-electron chi connectivity index (χ3n) is 5.07. The molecule has 1 N–H and O–H groups in total. The maximum Gasteiger partial charge on any atom is 0.270 e. The fourth-order valence-electron chi connectivity index (χ4n) is 3.77. The van der Waals surface area contributed by atoms with Gasteiger partial charge in [0.15, 0.2) is 0 Å². The predicted octanol–water partition coefficient (Wildman–Crippen LogP) is 4.96. The summed E-state index contributed by atoms with van der Waals surface area (Å²) in [5.74, 6) is 0. The maximum atomic E-state index is 11.0. The zero-order chi connectivity index (χ0) is 18.1. The van der Waals surface area contributed by atoms with Crippen molar-refractivity contribution in [3.63, 3.8) is 0 Å². The molecule has 2 heterocycles. The molecule has 0 spiro atoms. The number of nitrogens with one attached hydrogen (secondary N) is 1. The van der Waals surface area contributed by atoms with Gasteiger partial charge in [0.1, 0.15) is 0 Å². The molecule has 5 nitrogen and oxygen atoms in total. The quantitative estimate of drug-likeness (QED) is 0.339. The molecule has 1 aromatic heterocycles. The van der Waals surface area contributed by atoms with Gasteiger partial charge in [-0.2, -0.15) is 0 Å². The second-order valence-corrected chi connectivity index (χ2v) is 7.94. The molecule has 1 fully saturated rings. The Kier molecular flexibility index (Phi) is 4.95. The summed E-state index contributed by atoms with van der Waals surface area (Å²) < 4.78 is 3.22. The van der Waals surface area contributed by atoms with Crippen LogP contribution in [0.5, 0.6) is 0 Å². The Morgan fingerprint density at radius 1 is 1.19 bits per heavy atom. The molecule has 26 heavy (non-hydrogen) atoms. The van der Waals surface area contributed by atoms with E-state index in [-0.39, 0.29) is 10.6 Å². The lowest BCUT2D eigenvalue weighted by atomic mass is 10.0. The van der Waals surface area contributed by atoms with Gasteiger partial charge in [0, 0.05) is 51.0 Å². The number of hydrogen-bond acceptors (Lipinski definition) is 3. The van der Waals surface area contributed by atoms with Crippen LogP contribution in [0.2, 0.25) is 0 Å². The summed E-state index contributed by atoms with van der Waals surface area (Å²) in [7, 11) is 0. The Morgan fingerprint density at radius 3 is 2.77 bits per heavy atom. The number of halogens is 1. The first-order chi connectivity index (χ1) is 12.6. The fourth-order valence-corrected chi connectivity index (χ4v) is 4.56. The Bertz CT molecular complexity index is 961. The van der Waals surface area contributed by atoms with Crippen molar-refractivity contribution in [1.29, 1.82) is 0 Å². The first kappa shape index (κ1) is 17.5. The van der Waals surface area contributed by atoms with Crippen LogP contribution in [0.25, 0.3) is 22.0 Å². The van der Waals surface area contributed by atoms with E-state index in [1.165, 1.54) is 30.2 Å². The monoisotopic (exact) mass is 461 g/mol. The molecule has 0 radical (unpaired) electrons. The lowest BCUT2D eigenvalue weighted by molar-refractivity contribution is -0.384. The third-order valence-corrected chi connectivity index (χ3v) is 5.96. The molecule has 1 saturated heterocycles. The Labute approximate surface area is 165 Å². The number of nitrogens with zero attached hydrogens (tertiary/aromatic N) is 2. The number of nitro benzene ring substituents is 1. The zero-order valence-electron chi connectivity index (χ0n) is 14.3. The number of non-ortho nitro benzene ring substituents is 1. The molecule has 0 bridgehead atoms. The van der Waals surface area contributed by atoms with Crippen LogP contribution in [-0.4, -0.2) is 22.1 Å². The van der Waals surface area contributed by atoms with Gasteiger partial charge in [0.25, 0.3) is 5.69 Å². The minimum absolute atomic E-state index is 0.133. The number of para-hydroxylation sites is 1. The summed E-state index contributed by atoms with van der Waals surface area (Å²) >= 11 is 2.19. The lowest BCUT2D eigenvalue weighted by Crippen LogP contribution is -2.37. The van der Waals surface area contributed by atoms with Gasteiger partial charge in [0.05, 0.1) is 4.92 Å². The molecule has 0 aliphatic carbocycles. The highest BCUT2D eigenvalue weighted by Crippen LogP contribution is 2.35. The maximum absolute atomic E-state index is 11.0. The van der Waals surface area contributed by atoms with Gasteiger partial charge in [-0.15, -0.1) is 0 Å². The first-order valence-corrected chi connectivity index (χ1v) is 9.97. The Balaban J connectivity index is 1.77. The van der Waals surface area contributed by atoms with E-state index in [2.05, 4.69) is 56.9 Å². The smallest absolute Gasteiger partial charge is 0.270 e. The van der Waals surface area contributed by atoms with Crippen molar-refractivity contribution >= 4 is 39.2 Å².